The summed E-state index contributed by atoms with van der Waals surface area (Å²) in [6, 6.07) is 8.45. The third kappa shape index (κ3) is 2.06. The molecular formula is C15H13ClFN3. The molecule has 0 bridgehead atoms. The number of rotatable bonds is 3. The molecule has 5 heteroatoms. The quantitative estimate of drug-likeness (QED) is 0.684. The van der Waals surface area contributed by atoms with Crippen molar-refractivity contribution in [3.05, 3.63) is 59.9 Å². The van der Waals surface area contributed by atoms with Gasteiger partial charge in [-0.2, -0.15) is 0 Å². The summed E-state index contributed by atoms with van der Waals surface area (Å²) in [4.78, 5) is 8.51. The molecule has 0 aliphatic rings. The van der Waals surface area contributed by atoms with Crippen LogP contribution < -0.4 is 0 Å². The number of imidazole rings is 1. The summed E-state index contributed by atoms with van der Waals surface area (Å²) in [5.74, 6) is 0.759. The average molecular weight is 290 g/mol. The molecule has 3 rings (SSSR count). The molecule has 3 nitrogen and oxygen atoms in total. The number of benzene rings is 1. The standard InChI is InChI=1S/C15H13ClFN3/c1-10(11-4-2-3-5-12(11)17)20-14-6-7-18-9-13(14)19-15(20)8-16/h2-7,9-10H,8H2,1H3. The van der Waals surface area contributed by atoms with Gasteiger partial charge in [-0.05, 0) is 19.1 Å². The van der Waals surface area contributed by atoms with Crippen molar-refractivity contribution in [2.45, 2.75) is 18.8 Å². The van der Waals surface area contributed by atoms with Crippen LogP contribution in [0.1, 0.15) is 24.4 Å². The van der Waals surface area contributed by atoms with E-state index in [1.807, 2.05) is 23.6 Å². The Morgan fingerprint density at radius 1 is 1.30 bits per heavy atom. The van der Waals surface area contributed by atoms with Crippen LogP contribution in [-0.4, -0.2) is 14.5 Å². The SMILES string of the molecule is CC(c1ccccc1F)n1c(CCl)nc2cnccc21. The third-order valence-electron chi connectivity index (χ3n) is 3.43. The maximum atomic E-state index is 14.0. The van der Waals surface area contributed by atoms with E-state index in [4.69, 9.17) is 11.6 Å². The van der Waals surface area contributed by atoms with E-state index in [0.29, 0.717) is 11.4 Å². The second-order valence-corrected chi connectivity index (χ2v) is 4.86. The van der Waals surface area contributed by atoms with Gasteiger partial charge in [0.25, 0.3) is 0 Å². The van der Waals surface area contributed by atoms with E-state index in [9.17, 15) is 4.39 Å². The molecule has 0 saturated carbocycles. The lowest BCUT2D eigenvalue weighted by molar-refractivity contribution is 0.556. The summed E-state index contributed by atoms with van der Waals surface area (Å²) in [5.41, 5.74) is 2.30. The van der Waals surface area contributed by atoms with Gasteiger partial charge < -0.3 is 4.57 Å². The molecule has 1 atom stereocenters. The van der Waals surface area contributed by atoms with E-state index in [-0.39, 0.29) is 17.7 Å². The zero-order valence-electron chi connectivity index (χ0n) is 10.9. The lowest BCUT2D eigenvalue weighted by Crippen LogP contribution is -2.11. The lowest BCUT2D eigenvalue weighted by Gasteiger charge is -2.18. The van der Waals surface area contributed by atoms with E-state index < -0.39 is 0 Å². The summed E-state index contributed by atoms with van der Waals surface area (Å²) >= 11 is 5.98. The van der Waals surface area contributed by atoms with Crippen LogP contribution in [0.2, 0.25) is 0 Å². The number of alkyl halides is 1. The van der Waals surface area contributed by atoms with Gasteiger partial charge in [0, 0.05) is 11.8 Å². The van der Waals surface area contributed by atoms with Crippen LogP contribution in [0.25, 0.3) is 11.0 Å². The first-order valence-electron chi connectivity index (χ1n) is 6.33. The summed E-state index contributed by atoms with van der Waals surface area (Å²) in [7, 11) is 0. The van der Waals surface area contributed by atoms with Crippen molar-refractivity contribution in [1.29, 1.82) is 0 Å². The Hall–Kier alpha value is -1.94. The van der Waals surface area contributed by atoms with Crippen LogP contribution in [0.3, 0.4) is 0 Å². The second-order valence-electron chi connectivity index (χ2n) is 4.59. The zero-order chi connectivity index (χ0) is 14.1. The summed E-state index contributed by atoms with van der Waals surface area (Å²) in [5, 5.41) is 0. The molecule has 1 unspecified atom stereocenters. The van der Waals surface area contributed by atoms with Crippen molar-refractivity contribution in [2.24, 2.45) is 0 Å². The molecule has 20 heavy (non-hydrogen) atoms. The number of aromatic nitrogens is 3. The van der Waals surface area contributed by atoms with Gasteiger partial charge in [0.05, 0.1) is 23.6 Å². The van der Waals surface area contributed by atoms with Gasteiger partial charge in [-0.25, -0.2) is 9.37 Å². The van der Waals surface area contributed by atoms with Gasteiger partial charge in [0.2, 0.25) is 0 Å². The molecule has 0 spiro atoms. The molecule has 0 radical (unpaired) electrons. The van der Waals surface area contributed by atoms with Crippen molar-refractivity contribution < 1.29 is 4.39 Å². The number of fused-ring (bicyclic) bond motifs is 1. The lowest BCUT2D eigenvalue weighted by atomic mass is 10.1. The van der Waals surface area contributed by atoms with Gasteiger partial charge in [-0.15, -0.1) is 11.6 Å². The number of hydrogen-bond donors (Lipinski definition) is 0. The molecule has 0 N–H and O–H groups in total. The molecule has 0 fully saturated rings. The minimum Gasteiger partial charge on any atom is -0.319 e. The van der Waals surface area contributed by atoms with Gasteiger partial charge in [0.1, 0.15) is 17.2 Å². The van der Waals surface area contributed by atoms with Crippen LogP contribution in [0.5, 0.6) is 0 Å². The molecule has 0 aliphatic carbocycles. The number of pyridine rings is 1. The summed E-state index contributed by atoms with van der Waals surface area (Å²) in [6.45, 7) is 1.94. The Labute approximate surface area is 121 Å². The smallest absolute Gasteiger partial charge is 0.128 e. The predicted octanol–water partition coefficient (Wildman–Crippen LogP) is 3.92. The van der Waals surface area contributed by atoms with Gasteiger partial charge >= 0.3 is 0 Å². The van der Waals surface area contributed by atoms with Gasteiger partial charge in [0.15, 0.2) is 0 Å². The molecule has 2 aromatic heterocycles. The minimum atomic E-state index is -0.226. The highest BCUT2D eigenvalue weighted by molar-refractivity contribution is 6.16. The number of hydrogen-bond acceptors (Lipinski definition) is 2. The number of halogens is 2. The Morgan fingerprint density at radius 2 is 2.10 bits per heavy atom. The highest BCUT2D eigenvalue weighted by Gasteiger charge is 2.18. The molecule has 0 saturated heterocycles. The highest BCUT2D eigenvalue weighted by atomic mass is 35.5. The average Bonchev–Trinajstić information content (AvgIpc) is 2.85. The van der Waals surface area contributed by atoms with Gasteiger partial charge in [-0.1, -0.05) is 18.2 Å². The minimum absolute atomic E-state index is 0.183. The summed E-state index contributed by atoms with van der Waals surface area (Å²) in [6.07, 6.45) is 3.39. The fourth-order valence-corrected chi connectivity index (χ4v) is 2.67. The largest absolute Gasteiger partial charge is 0.319 e. The zero-order valence-corrected chi connectivity index (χ0v) is 11.7. The van der Waals surface area contributed by atoms with Crippen molar-refractivity contribution in [1.82, 2.24) is 14.5 Å². The second kappa shape index (κ2) is 5.21. The Morgan fingerprint density at radius 3 is 2.85 bits per heavy atom. The van der Waals surface area contributed by atoms with E-state index in [1.54, 1.807) is 24.5 Å². The highest BCUT2D eigenvalue weighted by Crippen LogP contribution is 2.27. The normalized spacial score (nSPS) is 12.8. The van der Waals surface area contributed by atoms with E-state index in [0.717, 1.165) is 11.0 Å². The Kier molecular flexibility index (Phi) is 3.40. The van der Waals surface area contributed by atoms with Crippen molar-refractivity contribution in [3.63, 3.8) is 0 Å². The van der Waals surface area contributed by atoms with Gasteiger partial charge in [-0.3, -0.25) is 4.98 Å². The molecule has 1 aromatic carbocycles. The van der Waals surface area contributed by atoms with Crippen molar-refractivity contribution in [2.75, 3.05) is 0 Å². The fraction of sp³-hybridized carbons (Fsp3) is 0.200. The van der Waals surface area contributed by atoms with E-state index in [2.05, 4.69) is 9.97 Å². The monoisotopic (exact) mass is 289 g/mol. The van der Waals surface area contributed by atoms with Crippen LogP contribution in [0, 0.1) is 5.82 Å². The van der Waals surface area contributed by atoms with Crippen molar-refractivity contribution >= 4 is 22.6 Å². The molecule has 102 valence electrons. The molecular weight excluding hydrogens is 277 g/mol. The van der Waals surface area contributed by atoms with Crippen LogP contribution in [-0.2, 0) is 5.88 Å². The van der Waals surface area contributed by atoms with Crippen molar-refractivity contribution in [3.8, 4) is 0 Å². The van der Waals surface area contributed by atoms with Crippen LogP contribution in [0.4, 0.5) is 4.39 Å². The topological polar surface area (TPSA) is 30.7 Å². The first kappa shape index (κ1) is 13.1. The number of nitrogens with zero attached hydrogens (tertiary/aromatic N) is 3. The van der Waals surface area contributed by atoms with E-state index >= 15 is 0 Å². The molecule has 3 aromatic rings. The maximum Gasteiger partial charge on any atom is 0.128 e. The van der Waals surface area contributed by atoms with E-state index in [1.165, 1.54) is 6.07 Å². The molecule has 0 amide bonds. The summed E-state index contributed by atoms with van der Waals surface area (Å²) < 4.78 is 15.9. The fourth-order valence-electron chi connectivity index (χ4n) is 2.48. The van der Waals surface area contributed by atoms with Crippen LogP contribution >= 0.6 is 11.6 Å². The first-order valence-corrected chi connectivity index (χ1v) is 6.87. The Balaban J connectivity index is 2.21. The third-order valence-corrected chi connectivity index (χ3v) is 3.67. The molecule has 2 heterocycles. The first-order chi connectivity index (χ1) is 9.72. The molecule has 0 aliphatic heterocycles. The predicted molar refractivity (Wildman–Crippen MR) is 77.3 cm³/mol. The maximum absolute atomic E-state index is 14.0. The van der Waals surface area contributed by atoms with Crippen LogP contribution in [0.15, 0.2) is 42.7 Å². The Bertz CT molecular complexity index is 754.